The van der Waals surface area contributed by atoms with E-state index in [9.17, 15) is 14.0 Å². The van der Waals surface area contributed by atoms with Crippen LogP contribution in [0.1, 0.15) is 20.3 Å². The van der Waals surface area contributed by atoms with Crippen LogP contribution in [0.2, 0.25) is 0 Å². The minimum Gasteiger partial charge on any atom is -0.494 e. The van der Waals surface area contributed by atoms with E-state index in [4.69, 9.17) is 4.74 Å². The third-order valence-electron chi connectivity index (χ3n) is 3.35. The Bertz CT molecular complexity index is 508. The first kappa shape index (κ1) is 18.9. The Morgan fingerprint density at radius 1 is 1.30 bits per heavy atom. The topological polar surface area (TPSA) is 70.7 Å². The molecule has 1 atom stereocenters. The first-order valence-corrected chi connectivity index (χ1v) is 7.61. The first-order valence-electron chi connectivity index (χ1n) is 7.61. The third-order valence-corrected chi connectivity index (χ3v) is 3.35. The number of hydrogen-bond acceptors (Lipinski definition) is 4. The van der Waals surface area contributed by atoms with Crippen LogP contribution in [0.15, 0.2) is 24.3 Å². The number of likely N-dealkylation sites (N-methyl/N-ethyl adjacent to an activating group) is 1. The Morgan fingerprint density at radius 3 is 2.57 bits per heavy atom. The van der Waals surface area contributed by atoms with Crippen LogP contribution in [-0.2, 0) is 4.79 Å². The average Bonchev–Trinajstić information content (AvgIpc) is 2.52. The summed E-state index contributed by atoms with van der Waals surface area (Å²) in [6, 6.07) is 4.91. The second-order valence-electron chi connectivity index (χ2n) is 5.16. The maximum absolute atomic E-state index is 12.8. The Balaban J connectivity index is 2.26. The van der Waals surface area contributed by atoms with Crippen LogP contribution in [0, 0.1) is 5.82 Å². The number of nitrogens with one attached hydrogen (secondary N) is 2. The second-order valence-corrected chi connectivity index (χ2v) is 5.16. The van der Waals surface area contributed by atoms with E-state index in [2.05, 4.69) is 10.6 Å². The van der Waals surface area contributed by atoms with Gasteiger partial charge in [0.05, 0.1) is 12.6 Å². The van der Waals surface area contributed by atoms with Crippen LogP contribution in [0.5, 0.6) is 5.75 Å². The van der Waals surface area contributed by atoms with Crippen LogP contribution in [0.25, 0.3) is 0 Å². The fourth-order valence-electron chi connectivity index (χ4n) is 1.85. The van der Waals surface area contributed by atoms with Gasteiger partial charge in [-0.1, -0.05) is 0 Å². The summed E-state index contributed by atoms with van der Waals surface area (Å²) in [5, 5.41) is 4.79. The Morgan fingerprint density at radius 2 is 1.96 bits per heavy atom. The molecule has 0 spiro atoms. The number of nitrogens with zero attached hydrogens (tertiary/aromatic N) is 1. The van der Waals surface area contributed by atoms with Crippen molar-refractivity contribution in [1.29, 1.82) is 0 Å². The van der Waals surface area contributed by atoms with Gasteiger partial charge in [-0.3, -0.25) is 15.0 Å². The predicted octanol–water partition coefficient (Wildman–Crippen LogP) is 1.76. The fourth-order valence-corrected chi connectivity index (χ4v) is 1.85. The van der Waals surface area contributed by atoms with Gasteiger partial charge in [0.2, 0.25) is 5.91 Å². The molecular weight excluding hydrogens is 301 g/mol. The molecule has 0 aliphatic carbocycles. The van der Waals surface area contributed by atoms with Gasteiger partial charge in [0.1, 0.15) is 11.6 Å². The molecule has 2 N–H and O–H groups in total. The molecule has 0 fully saturated rings. The molecule has 0 saturated heterocycles. The van der Waals surface area contributed by atoms with Crippen LogP contribution < -0.4 is 15.4 Å². The minimum absolute atomic E-state index is 0.302. The molecule has 0 radical (unpaired) electrons. The summed E-state index contributed by atoms with van der Waals surface area (Å²) >= 11 is 0. The first-order chi connectivity index (χ1) is 10.9. The van der Waals surface area contributed by atoms with Gasteiger partial charge in [-0.2, -0.15) is 0 Å². The molecule has 0 aromatic heterocycles. The smallest absolute Gasteiger partial charge is 0.321 e. The molecule has 1 aromatic rings. The number of ether oxygens (including phenoxy) is 1. The number of urea groups is 1. The highest BCUT2D eigenvalue weighted by molar-refractivity contribution is 5.96. The summed E-state index contributed by atoms with van der Waals surface area (Å²) in [5.74, 6) is -0.0435. The van der Waals surface area contributed by atoms with E-state index in [1.54, 1.807) is 33.0 Å². The lowest BCUT2D eigenvalue weighted by atomic mass is 10.2. The number of carbonyl (C=O) groups excluding carboxylic acids is 2. The Kier molecular flexibility index (Phi) is 8.04. The van der Waals surface area contributed by atoms with Crippen molar-refractivity contribution >= 4 is 11.9 Å². The van der Waals surface area contributed by atoms with Gasteiger partial charge >= 0.3 is 6.03 Å². The summed E-state index contributed by atoms with van der Waals surface area (Å²) in [5.41, 5.74) is 0. The Hall–Kier alpha value is -2.15. The monoisotopic (exact) mass is 325 g/mol. The molecule has 23 heavy (non-hydrogen) atoms. The van der Waals surface area contributed by atoms with Gasteiger partial charge < -0.3 is 10.1 Å². The van der Waals surface area contributed by atoms with Crippen LogP contribution in [-0.4, -0.2) is 49.6 Å². The number of carbonyl (C=O) groups is 2. The molecule has 1 aromatic carbocycles. The van der Waals surface area contributed by atoms with Crippen LogP contribution in [0.3, 0.4) is 0 Å². The predicted molar refractivity (Wildman–Crippen MR) is 85.8 cm³/mol. The van der Waals surface area contributed by atoms with Gasteiger partial charge in [-0.15, -0.1) is 0 Å². The van der Waals surface area contributed by atoms with Crippen molar-refractivity contribution in [2.75, 3.05) is 26.7 Å². The molecule has 128 valence electrons. The molecule has 0 bridgehead atoms. The number of imide groups is 1. The summed E-state index contributed by atoms with van der Waals surface area (Å²) in [7, 11) is 1.81. The number of benzene rings is 1. The SMILES string of the molecule is CCNC(=O)NC(=O)C(C)N(C)CCCOc1ccc(F)cc1. The second kappa shape index (κ2) is 9.78. The lowest BCUT2D eigenvalue weighted by Crippen LogP contribution is -2.48. The summed E-state index contributed by atoms with van der Waals surface area (Å²) in [4.78, 5) is 25.0. The van der Waals surface area contributed by atoms with E-state index in [1.165, 1.54) is 12.1 Å². The quantitative estimate of drug-likeness (QED) is 0.715. The van der Waals surface area contributed by atoms with Gasteiger partial charge in [0.25, 0.3) is 0 Å². The zero-order chi connectivity index (χ0) is 17.2. The highest BCUT2D eigenvalue weighted by atomic mass is 19.1. The van der Waals surface area contributed by atoms with E-state index in [0.717, 1.165) is 0 Å². The van der Waals surface area contributed by atoms with Crippen molar-refractivity contribution in [2.24, 2.45) is 0 Å². The zero-order valence-corrected chi connectivity index (χ0v) is 13.8. The highest BCUT2D eigenvalue weighted by Crippen LogP contribution is 2.11. The van der Waals surface area contributed by atoms with Gasteiger partial charge in [-0.25, -0.2) is 9.18 Å². The normalized spacial score (nSPS) is 11.9. The maximum Gasteiger partial charge on any atom is 0.321 e. The molecule has 1 unspecified atom stereocenters. The lowest BCUT2D eigenvalue weighted by molar-refractivity contribution is -0.124. The fraction of sp³-hybridized carbons (Fsp3) is 0.500. The van der Waals surface area contributed by atoms with Crippen LogP contribution in [0.4, 0.5) is 9.18 Å². The van der Waals surface area contributed by atoms with Crippen molar-refractivity contribution in [3.8, 4) is 5.75 Å². The van der Waals surface area contributed by atoms with Crippen molar-refractivity contribution in [1.82, 2.24) is 15.5 Å². The average molecular weight is 325 g/mol. The highest BCUT2D eigenvalue weighted by Gasteiger charge is 2.19. The molecule has 7 heteroatoms. The number of rotatable bonds is 8. The van der Waals surface area contributed by atoms with Crippen LogP contribution >= 0.6 is 0 Å². The number of amides is 3. The molecule has 3 amide bonds. The lowest BCUT2D eigenvalue weighted by Gasteiger charge is -2.23. The molecular formula is C16H24FN3O3. The largest absolute Gasteiger partial charge is 0.494 e. The third kappa shape index (κ3) is 7.10. The minimum atomic E-state index is -0.489. The Labute approximate surface area is 136 Å². The number of halogens is 1. The van der Waals surface area contributed by atoms with Crippen molar-refractivity contribution in [3.63, 3.8) is 0 Å². The van der Waals surface area contributed by atoms with E-state index >= 15 is 0 Å². The van der Waals surface area contributed by atoms with Crippen molar-refractivity contribution in [3.05, 3.63) is 30.1 Å². The van der Waals surface area contributed by atoms with Crippen molar-refractivity contribution < 1.29 is 18.7 Å². The van der Waals surface area contributed by atoms with E-state index in [0.29, 0.717) is 31.9 Å². The van der Waals surface area contributed by atoms with E-state index < -0.39 is 12.1 Å². The molecule has 6 nitrogen and oxygen atoms in total. The maximum atomic E-state index is 12.8. The van der Waals surface area contributed by atoms with Gasteiger partial charge in [-0.05, 0) is 51.6 Å². The molecule has 0 saturated carbocycles. The molecule has 1 rings (SSSR count). The zero-order valence-electron chi connectivity index (χ0n) is 13.8. The van der Waals surface area contributed by atoms with Crippen molar-refractivity contribution in [2.45, 2.75) is 26.3 Å². The number of hydrogen-bond donors (Lipinski definition) is 2. The van der Waals surface area contributed by atoms with Gasteiger partial charge in [0, 0.05) is 13.1 Å². The van der Waals surface area contributed by atoms with E-state index in [1.807, 2.05) is 4.90 Å². The summed E-state index contributed by atoms with van der Waals surface area (Å²) in [6.45, 7) is 5.06. The summed E-state index contributed by atoms with van der Waals surface area (Å²) in [6.07, 6.45) is 0.701. The molecule has 0 heterocycles. The summed E-state index contributed by atoms with van der Waals surface area (Å²) < 4.78 is 18.2. The van der Waals surface area contributed by atoms with E-state index in [-0.39, 0.29) is 11.7 Å². The molecule has 0 aliphatic heterocycles. The molecule has 0 aliphatic rings. The van der Waals surface area contributed by atoms with Gasteiger partial charge in [0.15, 0.2) is 0 Å². The standard InChI is InChI=1S/C16H24FN3O3/c1-4-18-16(22)19-15(21)12(2)20(3)10-5-11-23-14-8-6-13(17)7-9-14/h6-9,12H,4-5,10-11H2,1-3H3,(H2,18,19,21,22).